The van der Waals surface area contributed by atoms with E-state index in [4.69, 9.17) is 0 Å². The number of rotatable bonds is 2. The second-order valence-electron chi connectivity index (χ2n) is 5.71. The molecule has 0 amide bonds. The van der Waals surface area contributed by atoms with Crippen LogP contribution >= 0.6 is 15.9 Å². The lowest BCUT2D eigenvalue weighted by Gasteiger charge is -2.40. The average Bonchev–Trinajstić information content (AvgIpc) is 2.37. The van der Waals surface area contributed by atoms with Gasteiger partial charge in [-0.2, -0.15) is 0 Å². The van der Waals surface area contributed by atoms with Crippen LogP contribution in [0.2, 0.25) is 0 Å². The van der Waals surface area contributed by atoms with Gasteiger partial charge in [-0.3, -0.25) is 0 Å². The summed E-state index contributed by atoms with van der Waals surface area (Å²) in [6.07, 6.45) is 4.41. The fourth-order valence-electron chi connectivity index (χ4n) is 2.26. The van der Waals surface area contributed by atoms with Crippen molar-refractivity contribution >= 4 is 15.9 Å². The van der Waals surface area contributed by atoms with Gasteiger partial charge in [0.1, 0.15) is 17.7 Å². The maximum Gasteiger partial charge on any atom is 0.130 e. The van der Waals surface area contributed by atoms with Crippen LogP contribution < -0.4 is 0 Å². The van der Waals surface area contributed by atoms with Gasteiger partial charge >= 0.3 is 0 Å². The van der Waals surface area contributed by atoms with Gasteiger partial charge in [-0.05, 0) is 17.5 Å². The van der Waals surface area contributed by atoms with Gasteiger partial charge in [-0.25, -0.2) is 14.4 Å². The third kappa shape index (κ3) is 2.47. The van der Waals surface area contributed by atoms with Crippen LogP contribution in [-0.4, -0.2) is 15.1 Å². The van der Waals surface area contributed by atoms with E-state index < -0.39 is 16.8 Å². The molecule has 20 heavy (non-hydrogen) atoms. The van der Waals surface area contributed by atoms with Crippen molar-refractivity contribution in [1.29, 1.82) is 0 Å². The van der Waals surface area contributed by atoms with Crippen LogP contribution in [0.25, 0.3) is 0 Å². The monoisotopic (exact) mass is 338 g/mol. The standard InChI is InChI=1S/C15H16BrFN2O/c1-14(2,3)15(20,10-7-18-9-19-8-10)12-5-4-11(16)6-13(12)17/h4-9,20H,1-3H3. The Bertz CT molecular complexity index is 613. The van der Waals surface area contributed by atoms with E-state index in [0.717, 1.165) is 0 Å². The smallest absolute Gasteiger partial charge is 0.130 e. The second kappa shape index (κ2) is 5.22. The van der Waals surface area contributed by atoms with Crippen LogP contribution in [0.5, 0.6) is 0 Å². The summed E-state index contributed by atoms with van der Waals surface area (Å²) >= 11 is 3.22. The van der Waals surface area contributed by atoms with Crippen molar-refractivity contribution in [2.75, 3.05) is 0 Å². The van der Waals surface area contributed by atoms with Crippen molar-refractivity contribution in [2.24, 2.45) is 5.41 Å². The molecule has 0 aliphatic heterocycles. The summed E-state index contributed by atoms with van der Waals surface area (Å²) in [7, 11) is 0. The highest BCUT2D eigenvalue weighted by molar-refractivity contribution is 9.10. The summed E-state index contributed by atoms with van der Waals surface area (Å²) in [6, 6.07) is 4.63. The Kier molecular flexibility index (Phi) is 3.93. The molecule has 106 valence electrons. The van der Waals surface area contributed by atoms with Crippen LogP contribution in [0.15, 0.2) is 41.4 Å². The summed E-state index contributed by atoms with van der Waals surface area (Å²) < 4.78 is 15.0. The zero-order valence-electron chi connectivity index (χ0n) is 11.6. The quantitative estimate of drug-likeness (QED) is 0.908. The summed E-state index contributed by atoms with van der Waals surface area (Å²) in [5, 5.41) is 11.2. The van der Waals surface area contributed by atoms with Crippen LogP contribution in [-0.2, 0) is 5.60 Å². The van der Waals surface area contributed by atoms with Crippen molar-refractivity contribution < 1.29 is 9.50 Å². The minimum absolute atomic E-state index is 0.211. The summed E-state index contributed by atoms with van der Waals surface area (Å²) in [4.78, 5) is 7.87. The Hall–Kier alpha value is -1.33. The SMILES string of the molecule is CC(C)(C)C(O)(c1cncnc1)c1ccc(Br)cc1F. The van der Waals surface area contributed by atoms with Gasteiger partial charge in [0.15, 0.2) is 0 Å². The molecule has 2 aromatic rings. The normalized spacial score (nSPS) is 14.9. The first-order valence-corrected chi connectivity index (χ1v) is 6.99. The second-order valence-corrected chi connectivity index (χ2v) is 6.63. The van der Waals surface area contributed by atoms with Crippen LogP contribution in [0.1, 0.15) is 31.9 Å². The Balaban J connectivity index is 2.71. The maximum atomic E-state index is 14.3. The van der Waals surface area contributed by atoms with Gasteiger partial charge in [0, 0.05) is 28.0 Å². The molecule has 1 unspecified atom stereocenters. The topological polar surface area (TPSA) is 46.0 Å². The minimum Gasteiger partial charge on any atom is -0.380 e. The predicted octanol–water partition coefficient (Wildman–Crippen LogP) is 3.66. The number of nitrogens with zero attached hydrogens (tertiary/aromatic N) is 2. The molecule has 0 saturated heterocycles. The molecule has 3 nitrogen and oxygen atoms in total. The van der Waals surface area contributed by atoms with E-state index in [1.54, 1.807) is 12.1 Å². The molecule has 0 bridgehead atoms. The lowest BCUT2D eigenvalue weighted by atomic mass is 9.69. The summed E-state index contributed by atoms with van der Waals surface area (Å²) in [5.74, 6) is -0.472. The molecule has 1 aromatic carbocycles. The van der Waals surface area contributed by atoms with Crippen LogP contribution in [0.4, 0.5) is 4.39 Å². The summed E-state index contributed by atoms with van der Waals surface area (Å²) in [6.45, 7) is 5.55. The Morgan fingerprint density at radius 3 is 2.25 bits per heavy atom. The maximum absolute atomic E-state index is 14.3. The lowest BCUT2D eigenvalue weighted by molar-refractivity contribution is -0.0293. The van der Waals surface area contributed by atoms with Crippen LogP contribution in [0, 0.1) is 11.2 Å². The molecule has 1 aromatic heterocycles. The fourth-order valence-corrected chi connectivity index (χ4v) is 2.59. The van der Waals surface area contributed by atoms with Gasteiger partial charge in [0.05, 0.1) is 0 Å². The van der Waals surface area contributed by atoms with Crippen molar-refractivity contribution in [1.82, 2.24) is 9.97 Å². The number of benzene rings is 1. The van der Waals surface area contributed by atoms with E-state index in [2.05, 4.69) is 25.9 Å². The molecule has 1 N–H and O–H groups in total. The van der Waals surface area contributed by atoms with Crippen molar-refractivity contribution in [3.63, 3.8) is 0 Å². The van der Waals surface area contributed by atoms with E-state index in [9.17, 15) is 9.50 Å². The zero-order valence-corrected chi connectivity index (χ0v) is 13.1. The Morgan fingerprint density at radius 2 is 1.75 bits per heavy atom. The lowest BCUT2D eigenvalue weighted by Crippen LogP contribution is -2.42. The van der Waals surface area contributed by atoms with Gasteiger partial charge < -0.3 is 5.11 Å². The number of halogens is 2. The van der Waals surface area contributed by atoms with Crippen LogP contribution in [0.3, 0.4) is 0 Å². The van der Waals surface area contributed by atoms with Gasteiger partial charge in [0.2, 0.25) is 0 Å². The largest absolute Gasteiger partial charge is 0.380 e. The first-order chi connectivity index (χ1) is 9.26. The first-order valence-electron chi connectivity index (χ1n) is 6.20. The van der Waals surface area contributed by atoms with E-state index in [0.29, 0.717) is 10.0 Å². The van der Waals surface area contributed by atoms with Crippen molar-refractivity contribution in [2.45, 2.75) is 26.4 Å². The molecule has 0 aliphatic carbocycles. The molecular formula is C15H16BrFN2O. The van der Waals surface area contributed by atoms with Gasteiger partial charge in [-0.15, -0.1) is 0 Å². The summed E-state index contributed by atoms with van der Waals surface area (Å²) in [5.41, 5.74) is -1.47. The minimum atomic E-state index is -1.51. The molecule has 0 saturated carbocycles. The third-order valence-electron chi connectivity index (χ3n) is 3.38. The molecule has 1 heterocycles. The molecule has 0 radical (unpaired) electrons. The zero-order chi connectivity index (χ0) is 15.0. The van der Waals surface area contributed by atoms with Gasteiger partial charge in [0.25, 0.3) is 0 Å². The highest BCUT2D eigenvalue weighted by Gasteiger charge is 2.45. The highest BCUT2D eigenvalue weighted by atomic mass is 79.9. The molecule has 1 atom stereocenters. The number of aliphatic hydroxyl groups is 1. The number of aromatic nitrogens is 2. The number of hydrogen-bond acceptors (Lipinski definition) is 3. The number of hydrogen-bond donors (Lipinski definition) is 1. The van der Waals surface area contributed by atoms with E-state index >= 15 is 0 Å². The van der Waals surface area contributed by atoms with E-state index in [-0.39, 0.29) is 5.56 Å². The van der Waals surface area contributed by atoms with Crippen molar-refractivity contribution in [3.8, 4) is 0 Å². The van der Waals surface area contributed by atoms with Gasteiger partial charge in [-0.1, -0.05) is 42.8 Å². The predicted molar refractivity (Wildman–Crippen MR) is 78.6 cm³/mol. The molecule has 5 heteroatoms. The van der Waals surface area contributed by atoms with E-state index in [1.807, 2.05) is 20.8 Å². The molecule has 2 rings (SSSR count). The molecule has 0 fully saturated rings. The van der Waals surface area contributed by atoms with Crippen molar-refractivity contribution in [3.05, 3.63) is 58.3 Å². The molecular weight excluding hydrogens is 323 g/mol. The third-order valence-corrected chi connectivity index (χ3v) is 3.88. The Morgan fingerprint density at radius 1 is 1.15 bits per heavy atom. The molecule has 0 aliphatic rings. The Labute approximate surface area is 126 Å². The average molecular weight is 339 g/mol. The molecule has 0 spiro atoms. The first kappa shape index (κ1) is 15.1. The fraction of sp³-hybridized carbons (Fsp3) is 0.333. The highest BCUT2D eigenvalue weighted by Crippen LogP contribution is 2.45. The van der Waals surface area contributed by atoms with E-state index in [1.165, 1.54) is 24.8 Å².